The summed E-state index contributed by atoms with van der Waals surface area (Å²) in [6.45, 7) is 1.70. The van der Waals surface area contributed by atoms with Gasteiger partial charge >= 0.3 is 5.69 Å². The monoisotopic (exact) mass is 362 g/mol. The standard InChI is InChI=1S/C14H24N3O6P/c1-17(2,3)8-9-20-23-24-21-10-11-4-5-13(22-11)16-7-6-12(18)15-14(16)19/h6-7,11,13,24H,4-5,8-10H2,1-3H3/p+1. The van der Waals surface area contributed by atoms with Gasteiger partial charge in [0.05, 0.1) is 33.9 Å². The van der Waals surface area contributed by atoms with Gasteiger partial charge in [0.1, 0.15) is 19.4 Å². The normalized spacial score (nSPS) is 21.8. The Bertz CT molecular complexity index is 626. The zero-order valence-electron chi connectivity index (χ0n) is 14.2. The van der Waals surface area contributed by atoms with E-state index in [2.05, 4.69) is 26.1 Å². The lowest BCUT2D eigenvalue weighted by Gasteiger charge is -2.22. The molecule has 136 valence electrons. The smallest absolute Gasteiger partial charge is 0.330 e. The lowest BCUT2D eigenvalue weighted by molar-refractivity contribution is -0.871. The van der Waals surface area contributed by atoms with Crippen LogP contribution in [-0.2, 0) is 18.8 Å². The second kappa shape index (κ2) is 8.84. The van der Waals surface area contributed by atoms with Gasteiger partial charge < -0.3 is 13.7 Å². The van der Waals surface area contributed by atoms with Gasteiger partial charge in [-0.15, -0.1) is 0 Å². The van der Waals surface area contributed by atoms with E-state index in [1.165, 1.54) is 16.8 Å². The molecule has 3 atom stereocenters. The summed E-state index contributed by atoms with van der Waals surface area (Å²) in [5.41, 5.74) is -0.886. The van der Waals surface area contributed by atoms with Crippen molar-refractivity contribution in [3.8, 4) is 0 Å². The molecule has 0 spiro atoms. The van der Waals surface area contributed by atoms with Gasteiger partial charge in [-0.1, -0.05) is 0 Å². The van der Waals surface area contributed by atoms with Crippen LogP contribution in [0.4, 0.5) is 0 Å². The highest BCUT2D eigenvalue weighted by Crippen LogP contribution is 2.28. The first-order valence-electron chi connectivity index (χ1n) is 7.78. The minimum Gasteiger partial charge on any atom is -0.352 e. The summed E-state index contributed by atoms with van der Waals surface area (Å²) >= 11 is 0. The number of ether oxygens (including phenoxy) is 1. The first-order chi connectivity index (χ1) is 11.3. The van der Waals surface area contributed by atoms with Gasteiger partial charge in [-0.3, -0.25) is 14.3 Å². The van der Waals surface area contributed by atoms with E-state index in [1.807, 2.05) is 0 Å². The maximum absolute atomic E-state index is 11.7. The summed E-state index contributed by atoms with van der Waals surface area (Å²) < 4.78 is 18.3. The zero-order chi connectivity index (χ0) is 17.6. The molecular weight excluding hydrogens is 337 g/mol. The van der Waals surface area contributed by atoms with Crippen LogP contribution in [0, 0.1) is 0 Å². The number of rotatable bonds is 9. The summed E-state index contributed by atoms with van der Waals surface area (Å²) in [4.78, 5) is 30.1. The number of hydrogen-bond donors (Lipinski definition) is 1. The lowest BCUT2D eigenvalue weighted by atomic mass is 10.2. The first kappa shape index (κ1) is 19.2. The third-order valence-electron chi connectivity index (χ3n) is 3.51. The zero-order valence-corrected chi connectivity index (χ0v) is 15.2. The summed E-state index contributed by atoms with van der Waals surface area (Å²) in [5, 5.41) is 0. The predicted molar refractivity (Wildman–Crippen MR) is 88.7 cm³/mol. The van der Waals surface area contributed by atoms with Crippen LogP contribution in [0.3, 0.4) is 0 Å². The number of nitrogens with one attached hydrogen (secondary N) is 1. The Morgan fingerprint density at radius 1 is 1.38 bits per heavy atom. The molecule has 0 aliphatic carbocycles. The van der Waals surface area contributed by atoms with E-state index in [4.69, 9.17) is 18.8 Å². The van der Waals surface area contributed by atoms with Crippen molar-refractivity contribution < 1.29 is 23.3 Å². The predicted octanol–water partition coefficient (Wildman–Crippen LogP) is 0.394. The fraction of sp³-hybridized carbons (Fsp3) is 0.714. The van der Waals surface area contributed by atoms with Crippen molar-refractivity contribution >= 4 is 9.03 Å². The van der Waals surface area contributed by atoms with Crippen LogP contribution in [0.2, 0.25) is 0 Å². The summed E-state index contributed by atoms with van der Waals surface area (Å²) in [5.74, 6) is 0. The van der Waals surface area contributed by atoms with E-state index < -0.39 is 11.2 Å². The van der Waals surface area contributed by atoms with Crippen molar-refractivity contribution in [2.24, 2.45) is 0 Å². The molecule has 2 rings (SSSR count). The van der Waals surface area contributed by atoms with Gasteiger partial charge in [0.15, 0.2) is 9.03 Å². The molecule has 1 aromatic heterocycles. The molecule has 0 aromatic carbocycles. The van der Waals surface area contributed by atoms with Crippen molar-refractivity contribution in [2.75, 3.05) is 40.9 Å². The summed E-state index contributed by atoms with van der Waals surface area (Å²) in [6.07, 6.45) is 2.40. The molecule has 1 fully saturated rings. The average molecular weight is 362 g/mol. The van der Waals surface area contributed by atoms with Gasteiger partial charge in [0.25, 0.3) is 5.56 Å². The van der Waals surface area contributed by atoms with Crippen LogP contribution in [0.5, 0.6) is 0 Å². The lowest BCUT2D eigenvalue weighted by Crippen LogP contribution is -2.37. The molecule has 1 aliphatic rings. The van der Waals surface area contributed by atoms with Crippen molar-refractivity contribution in [3.63, 3.8) is 0 Å². The van der Waals surface area contributed by atoms with Crippen LogP contribution in [0.15, 0.2) is 21.9 Å². The number of quaternary nitrogens is 1. The molecular formula is C14H25N3O6P+. The van der Waals surface area contributed by atoms with E-state index in [-0.39, 0.29) is 21.4 Å². The molecule has 0 radical (unpaired) electrons. The van der Waals surface area contributed by atoms with Gasteiger partial charge in [0, 0.05) is 12.3 Å². The maximum atomic E-state index is 11.7. The molecule has 3 unspecified atom stereocenters. The molecule has 1 aliphatic heterocycles. The van der Waals surface area contributed by atoms with Gasteiger partial charge in [0.2, 0.25) is 0 Å². The highest BCUT2D eigenvalue weighted by Gasteiger charge is 2.27. The van der Waals surface area contributed by atoms with E-state index in [0.717, 1.165) is 17.4 Å². The minimum atomic E-state index is -0.468. The Balaban J connectivity index is 1.62. The molecule has 9 nitrogen and oxygen atoms in total. The quantitative estimate of drug-likeness (QED) is 0.225. The maximum Gasteiger partial charge on any atom is 0.330 e. The Labute approximate surface area is 141 Å². The van der Waals surface area contributed by atoms with Crippen molar-refractivity contribution in [1.82, 2.24) is 9.55 Å². The highest BCUT2D eigenvalue weighted by atomic mass is 31.1. The van der Waals surface area contributed by atoms with Crippen LogP contribution in [-0.4, -0.2) is 61.0 Å². The van der Waals surface area contributed by atoms with Gasteiger partial charge in [-0.05, 0) is 12.8 Å². The van der Waals surface area contributed by atoms with Crippen molar-refractivity contribution in [2.45, 2.75) is 25.2 Å². The summed E-state index contributed by atoms with van der Waals surface area (Å²) in [7, 11) is 6.00. The second-order valence-corrected chi connectivity index (χ2v) is 7.24. The fourth-order valence-electron chi connectivity index (χ4n) is 2.20. The highest BCUT2D eigenvalue weighted by molar-refractivity contribution is 7.26. The van der Waals surface area contributed by atoms with E-state index in [9.17, 15) is 9.59 Å². The Morgan fingerprint density at radius 2 is 2.17 bits per heavy atom. The largest absolute Gasteiger partial charge is 0.352 e. The van der Waals surface area contributed by atoms with E-state index in [0.29, 0.717) is 19.6 Å². The van der Waals surface area contributed by atoms with Gasteiger partial charge in [-0.25, -0.2) is 9.68 Å². The van der Waals surface area contributed by atoms with Crippen LogP contribution < -0.4 is 11.2 Å². The molecule has 0 bridgehead atoms. The fourth-order valence-corrected chi connectivity index (χ4v) is 2.63. The molecule has 0 amide bonds. The number of aromatic nitrogens is 2. The van der Waals surface area contributed by atoms with E-state index in [1.54, 1.807) is 0 Å². The molecule has 1 N–H and O–H groups in total. The number of H-pyrrole nitrogens is 1. The third-order valence-corrected chi connectivity index (χ3v) is 3.98. The Hall–Kier alpha value is -1.09. The van der Waals surface area contributed by atoms with Crippen LogP contribution in [0.25, 0.3) is 0 Å². The Kier molecular flexibility index (Phi) is 7.09. The van der Waals surface area contributed by atoms with E-state index >= 15 is 0 Å². The SMILES string of the molecule is C[N+](C)(C)CCOOPOCC1CCC(n2ccc(=O)[nH]c2=O)O1. The minimum absolute atomic E-state index is 0.115. The molecule has 24 heavy (non-hydrogen) atoms. The van der Waals surface area contributed by atoms with Crippen LogP contribution in [0.1, 0.15) is 19.1 Å². The Morgan fingerprint density at radius 3 is 2.88 bits per heavy atom. The average Bonchev–Trinajstić information content (AvgIpc) is 2.93. The summed E-state index contributed by atoms with van der Waals surface area (Å²) in [6, 6.07) is 1.30. The number of likely N-dealkylation sites (N-methyl/N-ethyl adjacent to an activating group) is 1. The third kappa shape index (κ3) is 6.43. The molecule has 10 heteroatoms. The van der Waals surface area contributed by atoms with Crippen molar-refractivity contribution in [3.05, 3.63) is 33.1 Å². The molecule has 2 heterocycles. The topological polar surface area (TPSA) is 91.8 Å². The van der Waals surface area contributed by atoms with Gasteiger partial charge in [-0.2, -0.15) is 4.67 Å². The molecule has 0 saturated carbocycles. The number of hydrogen-bond acceptors (Lipinski definition) is 6. The first-order valence-corrected chi connectivity index (χ1v) is 8.59. The second-order valence-electron chi connectivity index (χ2n) is 6.62. The number of aromatic amines is 1. The number of nitrogens with zero attached hydrogens (tertiary/aromatic N) is 2. The van der Waals surface area contributed by atoms with Crippen molar-refractivity contribution in [1.29, 1.82) is 0 Å². The molecule has 1 saturated heterocycles. The van der Waals surface area contributed by atoms with Crippen LogP contribution >= 0.6 is 9.03 Å². The molecule has 1 aromatic rings.